The molecule has 0 radical (unpaired) electrons. The number of aromatic nitrogens is 2. The van der Waals surface area contributed by atoms with E-state index >= 15 is 0 Å². The number of nitrogens with zero attached hydrogens (tertiary/aromatic N) is 1. The van der Waals surface area contributed by atoms with Crippen molar-refractivity contribution in [3.63, 3.8) is 0 Å². The van der Waals surface area contributed by atoms with E-state index < -0.39 is 11.4 Å². The number of hydrogen-bond donors (Lipinski definition) is 2. The van der Waals surface area contributed by atoms with Gasteiger partial charge in [-0.2, -0.15) is 5.10 Å². The molecule has 98 valence electrons. The molecule has 1 saturated carbocycles. The van der Waals surface area contributed by atoms with Gasteiger partial charge in [0.1, 0.15) is 0 Å². The number of nitrogens with one attached hydrogen (secondary N) is 1. The second kappa shape index (κ2) is 4.53. The molecule has 1 aliphatic carbocycles. The number of aromatic amines is 1. The van der Waals surface area contributed by atoms with Gasteiger partial charge in [-0.1, -0.05) is 43.2 Å². The molecule has 1 heterocycles. The van der Waals surface area contributed by atoms with Gasteiger partial charge in [0.15, 0.2) is 0 Å². The second-order valence-electron chi connectivity index (χ2n) is 5.12. The summed E-state index contributed by atoms with van der Waals surface area (Å²) in [5.74, 6) is -0.733. The van der Waals surface area contributed by atoms with Crippen molar-refractivity contribution < 1.29 is 9.90 Å². The van der Waals surface area contributed by atoms with Crippen LogP contribution in [0.15, 0.2) is 36.5 Å². The Hall–Kier alpha value is -2.10. The van der Waals surface area contributed by atoms with E-state index in [0.29, 0.717) is 12.8 Å². The molecule has 0 aliphatic heterocycles. The Morgan fingerprint density at radius 2 is 1.89 bits per heavy atom. The zero-order valence-electron chi connectivity index (χ0n) is 10.6. The van der Waals surface area contributed by atoms with E-state index in [2.05, 4.69) is 10.2 Å². The van der Waals surface area contributed by atoms with E-state index in [4.69, 9.17) is 0 Å². The fourth-order valence-corrected chi connectivity index (χ4v) is 3.05. The Bertz CT molecular complexity index is 583. The van der Waals surface area contributed by atoms with Crippen molar-refractivity contribution in [3.8, 4) is 11.3 Å². The van der Waals surface area contributed by atoms with Crippen LogP contribution in [0.25, 0.3) is 11.3 Å². The molecule has 0 amide bonds. The summed E-state index contributed by atoms with van der Waals surface area (Å²) in [6.45, 7) is 0. The quantitative estimate of drug-likeness (QED) is 0.887. The number of carboxylic acid groups (broad SMARTS) is 1. The predicted octanol–water partition coefficient (Wildman–Crippen LogP) is 2.97. The number of carbonyl (C=O) groups is 1. The molecule has 0 unspecified atom stereocenters. The maximum atomic E-state index is 11.8. The van der Waals surface area contributed by atoms with Crippen molar-refractivity contribution in [1.82, 2.24) is 10.2 Å². The lowest BCUT2D eigenvalue weighted by atomic mass is 9.78. The maximum absolute atomic E-state index is 11.8. The minimum atomic E-state index is -0.766. The third-order valence-corrected chi connectivity index (χ3v) is 4.08. The summed E-state index contributed by atoms with van der Waals surface area (Å²) in [5.41, 5.74) is 1.88. The molecule has 1 aromatic heterocycles. The SMILES string of the molecule is O=C(O)C1(c2cn[nH]c2-c2ccccc2)CCCC1. The van der Waals surface area contributed by atoms with Crippen LogP contribution >= 0.6 is 0 Å². The highest BCUT2D eigenvalue weighted by Gasteiger charge is 2.45. The van der Waals surface area contributed by atoms with Gasteiger partial charge in [-0.3, -0.25) is 9.89 Å². The van der Waals surface area contributed by atoms with Crippen LogP contribution in [-0.2, 0) is 10.2 Å². The largest absolute Gasteiger partial charge is 0.481 e. The van der Waals surface area contributed by atoms with Crippen LogP contribution in [0, 0.1) is 0 Å². The van der Waals surface area contributed by atoms with Gasteiger partial charge >= 0.3 is 5.97 Å². The third-order valence-electron chi connectivity index (χ3n) is 4.08. The molecule has 1 aromatic carbocycles. The standard InChI is InChI=1S/C15H16N2O2/c18-14(19)15(8-4-5-9-15)12-10-16-17-13(12)11-6-2-1-3-7-11/h1-3,6-7,10H,4-5,8-9H2,(H,16,17)(H,18,19). The number of benzene rings is 1. The van der Waals surface area contributed by atoms with Crippen molar-refractivity contribution in [2.45, 2.75) is 31.1 Å². The molecule has 1 fully saturated rings. The van der Waals surface area contributed by atoms with E-state index in [1.807, 2.05) is 30.3 Å². The van der Waals surface area contributed by atoms with Crippen molar-refractivity contribution in [2.24, 2.45) is 0 Å². The molecule has 2 N–H and O–H groups in total. The molecule has 0 saturated heterocycles. The van der Waals surface area contributed by atoms with Crippen molar-refractivity contribution in [2.75, 3.05) is 0 Å². The first-order valence-corrected chi connectivity index (χ1v) is 6.57. The topological polar surface area (TPSA) is 66.0 Å². The highest BCUT2D eigenvalue weighted by Crippen LogP contribution is 2.44. The second-order valence-corrected chi connectivity index (χ2v) is 5.12. The fraction of sp³-hybridized carbons (Fsp3) is 0.333. The molecule has 1 aliphatic rings. The zero-order valence-corrected chi connectivity index (χ0v) is 10.6. The molecule has 4 heteroatoms. The van der Waals surface area contributed by atoms with Crippen molar-refractivity contribution in [3.05, 3.63) is 42.1 Å². The first kappa shape index (κ1) is 12.0. The molecule has 2 aromatic rings. The number of hydrogen-bond acceptors (Lipinski definition) is 2. The summed E-state index contributed by atoms with van der Waals surface area (Å²) in [6.07, 6.45) is 5.00. The molecule has 19 heavy (non-hydrogen) atoms. The Morgan fingerprint density at radius 1 is 1.21 bits per heavy atom. The molecular weight excluding hydrogens is 240 g/mol. The van der Waals surface area contributed by atoms with Gasteiger partial charge in [0.2, 0.25) is 0 Å². The Kier molecular flexibility index (Phi) is 2.85. The Labute approximate surface area is 111 Å². The summed E-state index contributed by atoms with van der Waals surface area (Å²) < 4.78 is 0. The lowest BCUT2D eigenvalue weighted by Gasteiger charge is -2.23. The normalized spacial score (nSPS) is 17.5. The average Bonchev–Trinajstić information content (AvgIpc) is 3.09. The van der Waals surface area contributed by atoms with Gasteiger partial charge in [0, 0.05) is 5.56 Å². The maximum Gasteiger partial charge on any atom is 0.314 e. The van der Waals surface area contributed by atoms with Crippen molar-refractivity contribution in [1.29, 1.82) is 0 Å². The minimum absolute atomic E-state index is 0.696. The smallest absolute Gasteiger partial charge is 0.314 e. The number of aliphatic carboxylic acids is 1. The molecular formula is C15H16N2O2. The lowest BCUT2D eigenvalue weighted by molar-refractivity contribution is -0.143. The van der Waals surface area contributed by atoms with E-state index in [1.54, 1.807) is 6.20 Å². The highest BCUT2D eigenvalue weighted by atomic mass is 16.4. The number of carboxylic acids is 1. The molecule has 0 bridgehead atoms. The van der Waals surface area contributed by atoms with Crippen LogP contribution in [0.5, 0.6) is 0 Å². The first-order valence-electron chi connectivity index (χ1n) is 6.57. The highest BCUT2D eigenvalue weighted by molar-refractivity contribution is 5.85. The van der Waals surface area contributed by atoms with Gasteiger partial charge in [-0.05, 0) is 18.4 Å². The Morgan fingerprint density at radius 3 is 2.53 bits per heavy atom. The summed E-state index contributed by atoms with van der Waals surface area (Å²) in [5, 5.41) is 16.7. The molecule has 0 spiro atoms. The van der Waals surface area contributed by atoms with Crippen LogP contribution < -0.4 is 0 Å². The third kappa shape index (κ3) is 1.84. The summed E-state index contributed by atoms with van der Waals surface area (Å²) in [4.78, 5) is 11.8. The summed E-state index contributed by atoms with van der Waals surface area (Å²) in [6, 6.07) is 9.79. The molecule has 4 nitrogen and oxygen atoms in total. The van der Waals surface area contributed by atoms with Gasteiger partial charge in [-0.15, -0.1) is 0 Å². The van der Waals surface area contributed by atoms with Gasteiger partial charge in [0.25, 0.3) is 0 Å². The Balaban J connectivity index is 2.12. The summed E-state index contributed by atoms with van der Waals surface area (Å²) >= 11 is 0. The van der Waals surface area contributed by atoms with Gasteiger partial charge in [-0.25, -0.2) is 0 Å². The van der Waals surface area contributed by atoms with Crippen LogP contribution in [-0.4, -0.2) is 21.3 Å². The van der Waals surface area contributed by atoms with Crippen LogP contribution in [0.2, 0.25) is 0 Å². The van der Waals surface area contributed by atoms with Crippen LogP contribution in [0.4, 0.5) is 0 Å². The molecule has 3 rings (SSSR count). The van der Waals surface area contributed by atoms with Crippen molar-refractivity contribution >= 4 is 5.97 Å². The fourth-order valence-electron chi connectivity index (χ4n) is 3.05. The summed E-state index contributed by atoms with van der Waals surface area (Å²) in [7, 11) is 0. The van der Waals surface area contributed by atoms with Crippen LogP contribution in [0.1, 0.15) is 31.2 Å². The van der Waals surface area contributed by atoms with Crippen LogP contribution in [0.3, 0.4) is 0 Å². The first-order chi connectivity index (χ1) is 9.24. The minimum Gasteiger partial charge on any atom is -0.481 e. The lowest BCUT2D eigenvalue weighted by Crippen LogP contribution is -2.32. The zero-order chi connectivity index (χ0) is 13.3. The van der Waals surface area contributed by atoms with Gasteiger partial charge in [0.05, 0.1) is 17.3 Å². The predicted molar refractivity (Wildman–Crippen MR) is 71.8 cm³/mol. The van der Waals surface area contributed by atoms with E-state index in [9.17, 15) is 9.90 Å². The van der Waals surface area contributed by atoms with E-state index in [-0.39, 0.29) is 0 Å². The van der Waals surface area contributed by atoms with Gasteiger partial charge < -0.3 is 5.11 Å². The average molecular weight is 256 g/mol. The van der Waals surface area contributed by atoms with E-state index in [1.165, 1.54) is 0 Å². The van der Waals surface area contributed by atoms with E-state index in [0.717, 1.165) is 29.7 Å². The monoisotopic (exact) mass is 256 g/mol. The molecule has 0 atom stereocenters. The number of rotatable bonds is 3. The number of H-pyrrole nitrogens is 1.